The predicted molar refractivity (Wildman–Crippen MR) is 117 cm³/mol. The Kier molecular flexibility index (Phi) is 4.70. The van der Waals surface area contributed by atoms with Crippen LogP contribution >= 0.6 is 0 Å². The molecule has 0 aliphatic heterocycles. The molecule has 160 valence electrons. The van der Waals surface area contributed by atoms with Gasteiger partial charge in [0, 0.05) is 22.5 Å². The number of carbonyl (C=O) groups is 2. The molecule has 2 atom stereocenters. The van der Waals surface area contributed by atoms with E-state index in [1.165, 1.54) is 12.3 Å². The number of carbonyl (C=O) groups excluding carboxylic acids is 2. The Morgan fingerprint density at radius 2 is 1.88 bits per heavy atom. The number of hydrogen-bond donors (Lipinski definition) is 4. The van der Waals surface area contributed by atoms with Crippen LogP contribution in [0.1, 0.15) is 38.1 Å². The number of pyridine rings is 1. The Hall–Kier alpha value is -4.40. The molecule has 0 fully saturated rings. The number of hydrogen-bond acceptors (Lipinski definition) is 6. The summed E-state index contributed by atoms with van der Waals surface area (Å²) in [5.41, 5.74) is 8.19. The molecule has 2 aromatic carbocycles. The topological polar surface area (TPSA) is 143 Å². The zero-order valence-electron chi connectivity index (χ0n) is 16.8. The second-order valence-electron chi connectivity index (χ2n) is 7.59. The van der Waals surface area contributed by atoms with Crippen molar-refractivity contribution in [1.29, 1.82) is 0 Å². The monoisotopic (exact) mass is 429 g/mol. The fraction of sp³-hybridized carbons (Fsp3) is 0.130. The summed E-state index contributed by atoms with van der Waals surface area (Å²) < 4.78 is 5.13. The van der Waals surface area contributed by atoms with Gasteiger partial charge in [-0.05, 0) is 35.7 Å². The summed E-state index contributed by atoms with van der Waals surface area (Å²) in [6.45, 7) is 0. The summed E-state index contributed by atoms with van der Waals surface area (Å²) in [4.78, 5) is 44.0. The van der Waals surface area contributed by atoms with Crippen LogP contribution in [0, 0.1) is 0 Å². The van der Waals surface area contributed by atoms with Gasteiger partial charge < -0.3 is 25.8 Å². The first-order valence-corrected chi connectivity index (χ1v) is 10.0. The summed E-state index contributed by atoms with van der Waals surface area (Å²) in [5.74, 6) is -0.781. The molecule has 32 heavy (non-hydrogen) atoms. The van der Waals surface area contributed by atoms with Crippen molar-refractivity contribution < 1.29 is 14.0 Å². The van der Waals surface area contributed by atoms with Crippen LogP contribution in [0.3, 0.4) is 0 Å². The van der Waals surface area contributed by atoms with Gasteiger partial charge >= 0.3 is 0 Å². The number of benzene rings is 2. The third kappa shape index (κ3) is 3.49. The molecule has 2 aromatic heterocycles. The first kappa shape index (κ1) is 19.6. The lowest BCUT2D eigenvalue weighted by Crippen LogP contribution is -2.44. The Morgan fingerprint density at radius 3 is 2.69 bits per heavy atom. The lowest BCUT2D eigenvalue weighted by Gasteiger charge is -2.23. The molecule has 0 bridgehead atoms. The first-order valence-electron chi connectivity index (χ1n) is 10.0. The molecule has 0 radical (unpaired) electrons. The number of nitrogens with one attached hydrogen (secondary N) is 3. The number of nitrogens with two attached hydrogens (primary N) is 1. The number of H-pyrrole nitrogens is 1. The van der Waals surface area contributed by atoms with E-state index in [1.807, 2.05) is 24.3 Å². The summed E-state index contributed by atoms with van der Waals surface area (Å²) in [6.07, 6.45) is 1.81. The molecule has 4 aromatic rings. The maximum atomic E-state index is 13.2. The van der Waals surface area contributed by atoms with Crippen LogP contribution in [0.25, 0.3) is 10.9 Å². The van der Waals surface area contributed by atoms with Gasteiger partial charge in [-0.1, -0.05) is 30.3 Å². The van der Waals surface area contributed by atoms with Gasteiger partial charge in [-0.25, -0.2) is 4.98 Å². The molecular weight excluding hydrogens is 410 g/mol. The van der Waals surface area contributed by atoms with E-state index in [4.69, 9.17) is 10.2 Å². The molecule has 0 saturated heterocycles. The highest BCUT2D eigenvalue weighted by atomic mass is 16.4. The molecule has 5 N–H and O–H groups in total. The highest BCUT2D eigenvalue weighted by molar-refractivity contribution is 6.06. The van der Waals surface area contributed by atoms with Crippen molar-refractivity contribution >= 4 is 28.7 Å². The van der Waals surface area contributed by atoms with Crippen LogP contribution in [0.4, 0.5) is 6.01 Å². The summed E-state index contributed by atoms with van der Waals surface area (Å²) in [5, 5.41) is 6.61. The highest BCUT2D eigenvalue weighted by Gasteiger charge is 2.35. The minimum atomic E-state index is -0.474. The average Bonchev–Trinajstić information content (AvgIpc) is 3.37. The molecule has 2 amide bonds. The quantitative estimate of drug-likeness (QED) is 0.390. The Balaban J connectivity index is 1.44. The van der Waals surface area contributed by atoms with Gasteiger partial charge in [0.05, 0.1) is 18.3 Å². The van der Waals surface area contributed by atoms with E-state index in [-0.39, 0.29) is 29.3 Å². The van der Waals surface area contributed by atoms with Crippen molar-refractivity contribution in [3.63, 3.8) is 0 Å². The van der Waals surface area contributed by atoms with E-state index in [0.717, 1.165) is 11.1 Å². The van der Waals surface area contributed by atoms with Gasteiger partial charge in [-0.3, -0.25) is 14.4 Å². The van der Waals surface area contributed by atoms with Crippen LogP contribution in [0.5, 0.6) is 0 Å². The van der Waals surface area contributed by atoms with E-state index in [2.05, 4.69) is 20.6 Å². The molecule has 5 rings (SSSR count). The van der Waals surface area contributed by atoms with Crippen molar-refractivity contribution in [2.24, 2.45) is 0 Å². The number of nitrogen functional groups attached to an aromatic ring is 1. The number of oxazole rings is 1. The minimum absolute atomic E-state index is 0.00466. The maximum absolute atomic E-state index is 13.2. The summed E-state index contributed by atoms with van der Waals surface area (Å²) >= 11 is 0. The van der Waals surface area contributed by atoms with Crippen molar-refractivity contribution in [2.75, 3.05) is 5.73 Å². The Bertz CT molecular complexity index is 1410. The van der Waals surface area contributed by atoms with Crippen LogP contribution in [-0.2, 0) is 6.42 Å². The van der Waals surface area contributed by atoms with E-state index < -0.39 is 11.9 Å². The number of rotatable bonds is 4. The zero-order valence-corrected chi connectivity index (χ0v) is 16.8. The first-order chi connectivity index (χ1) is 15.5. The zero-order chi connectivity index (χ0) is 22.2. The molecule has 2 heterocycles. The van der Waals surface area contributed by atoms with E-state index in [1.54, 1.807) is 24.3 Å². The average molecular weight is 429 g/mol. The van der Waals surface area contributed by atoms with E-state index in [9.17, 15) is 14.4 Å². The number of aromatic nitrogens is 2. The lowest BCUT2D eigenvalue weighted by molar-refractivity contribution is 0.0873. The molecule has 0 spiro atoms. The van der Waals surface area contributed by atoms with Crippen LogP contribution in [-0.4, -0.2) is 27.8 Å². The van der Waals surface area contributed by atoms with Crippen molar-refractivity contribution in [3.8, 4) is 0 Å². The fourth-order valence-electron chi connectivity index (χ4n) is 4.14. The molecule has 0 saturated carbocycles. The third-order valence-electron chi connectivity index (χ3n) is 5.59. The number of nitrogens with zero attached hydrogens (tertiary/aromatic N) is 1. The molecule has 9 heteroatoms. The van der Waals surface area contributed by atoms with Crippen molar-refractivity contribution in [2.45, 2.75) is 18.5 Å². The summed E-state index contributed by atoms with van der Waals surface area (Å²) in [6, 6.07) is 14.9. The Morgan fingerprint density at radius 1 is 1.03 bits per heavy atom. The number of fused-ring (bicyclic) bond motifs is 2. The second kappa shape index (κ2) is 7.69. The van der Waals surface area contributed by atoms with Gasteiger partial charge in [0.25, 0.3) is 17.8 Å². The SMILES string of the molecule is Nc1ncc(C(=O)N[C@@H]2c3ccccc3C[C@H]2NC(=O)c2cccc3[nH]c(=O)ccc23)o1. The standard InChI is InChI=1S/C23H19N5O4/c24-23-25-11-18(32-23)22(31)28-20-13-5-2-1-4-12(13)10-17(20)27-21(30)15-6-3-7-16-14(15)8-9-19(29)26-16/h1-9,11,17,20H,10H2,(H2,24,25)(H,26,29)(H,27,30)(H,28,31)/t17-,20-/m1/s1. The van der Waals surface area contributed by atoms with Gasteiger partial charge in [0.1, 0.15) is 0 Å². The Labute approximate surface area is 181 Å². The maximum Gasteiger partial charge on any atom is 0.292 e. The van der Waals surface area contributed by atoms with Crippen molar-refractivity contribution in [3.05, 3.63) is 93.6 Å². The molecule has 9 nitrogen and oxygen atoms in total. The summed E-state index contributed by atoms with van der Waals surface area (Å²) in [7, 11) is 0. The largest absolute Gasteiger partial charge is 0.418 e. The smallest absolute Gasteiger partial charge is 0.292 e. The second-order valence-corrected chi connectivity index (χ2v) is 7.59. The number of anilines is 1. The number of aromatic amines is 1. The van der Waals surface area contributed by atoms with Gasteiger partial charge in [-0.15, -0.1) is 0 Å². The molecular formula is C23H19N5O4. The fourth-order valence-corrected chi connectivity index (χ4v) is 4.14. The van der Waals surface area contributed by atoms with Gasteiger partial charge in [-0.2, -0.15) is 0 Å². The van der Waals surface area contributed by atoms with E-state index in [0.29, 0.717) is 22.9 Å². The normalized spacial score (nSPS) is 17.1. The minimum Gasteiger partial charge on any atom is -0.418 e. The predicted octanol–water partition coefficient (Wildman–Crippen LogP) is 1.92. The van der Waals surface area contributed by atoms with Gasteiger partial charge in [0.15, 0.2) is 0 Å². The van der Waals surface area contributed by atoms with Crippen LogP contribution in [0.15, 0.2) is 70.0 Å². The third-order valence-corrected chi connectivity index (χ3v) is 5.59. The molecule has 1 aliphatic rings. The van der Waals surface area contributed by atoms with Gasteiger partial charge in [0.2, 0.25) is 11.3 Å². The molecule has 0 unspecified atom stereocenters. The van der Waals surface area contributed by atoms with Crippen molar-refractivity contribution in [1.82, 2.24) is 20.6 Å². The highest BCUT2D eigenvalue weighted by Crippen LogP contribution is 2.32. The van der Waals surface area contributed by atoms with E-state index >= 15 is 0 Å². The van der Waals surface area contributed by atoms with Crippen LogP contribution in [0.2, 0.25) is 0 Å². The lowest BCUT2D eigenvalue weighted by atomic mass is 10.0. The molecule has 1 aliphatic carbocycles. The number of amides is 2. The van der Waals surface area contributed by atoms with Crippen LogP contribution < -0.4 is 21.9 Å².